The van der Waals surface area contributed by atoms with E-state index < -0.39 is 11.6 Å². The summed E-state index contributed by atoms with van der Waals surface area (Å²) >= 11 is 0. The molecule has 2 rings (SSSR count). The number of aromatic nitrogens is 1. The Balaban J connectivity index is 2.35. The Hall–Kier alpha value is -2.70. The Kier molecular flexibility index (Phi) is 4.09. The summed E-state index contributed by atoms with van der Waals surface area (Å²) in [6.45, 7) is 1.82. The fourth-order valence-electron chi connectivity index (χ4n) is 1.66. The highest BCUT2D eigenvalue weighted by Crippen LogP contribution is 2.27. The number of H-pyrrole nitrogens is 1. The average molecular weight is 278 g/mol. The van der Waals surface area contributed by atoms with Gasteiger partial charge in [0.2, 0.25) is 0 Å². The van der Waals surface area contributed by atoms with Crippen molar-refractivity contribution in [1.82, 2.24) is 5.16 Å². The molecule has 2 aromatic rings. The van der Waals surface area contributed by atoms with Crippen LogP contribution in [0.15, 0.2) is 33.6 Å². The van der Waals surface area contributed by atoms with Gasteiger partial charge < -0.3 is 19.3 Å². The van der Waals surface area contributed by atoms with Crippen LogP contribution in [0.3, 0.4) is 0 Å². The molecule has 1 aromatic carbocycles. The van der Waals surface area contributed by atoms with Crippen molar-refractivity contribution in [3.8, 4) is 5.75 Å². The monoisotopic (exact) mass is 278 g/mol. The average Bonchev–Trinajstić information content (AvgIpc) is 2.80. The molecular weight excluding hydrogens is 264 g/mol. The first kappa shape index (κ1) is 13.7. The standard InChI is InChI=1S/C13H14N2O5/c1-3-19-12(16)10-11(15-20-13(10)17)14-8-6-4-5-7-9(8)18-2/h4-7,14-15H,3H2,1-2H3. The largest absolute Gasteiger partial charge is 0.495 e. The lowest BCUT2D eigenvalue weighted by atomic mass is 10.2. The molecule has 1 aromatic heterocycles. The van der Waals surface area contributed by atoms with Crippen LogP contribution in [0.1, 0.15) is 17.3 Å². The Morgan fingerprint density at radius 2 is 2.15 bits per heavy atom. The van der Waals surface area contributed by atoms with Crippen LogP contribution in [0.4, 0.5) is 11.5 Å². The molecule has 0 saturated heterocycles. The molecule has 0 amide bonds. The molecule has 0 atom stereocenters. The van der Waals surface area contributed by atoms with Gasteiger partial charge in [0.1, 0.15) is 5.75 Å². The zero-order chi connectivity index (χ0) is 14.5. The molecule has 0 fully saturated rings. The minimum absolute atomic E-state index is 0.123. The normalized spacial score (nSPS) is 10.1. The van der Waals surface area contributed by atoms with E-state index >= 15 is 0 Å². The van der Waals surface area contributed by atoms with E-state index in [1.54, 1.807) is 31.2 Å². The van der Waals surface area contributed by atoms with Crippen molar-refractivity contribution in [2.24, 2.45) is 0 Å². The highest BCUT2D eigenvalue weighted by atomic mass is 16.5. The van der Waals surface area contributed by atoms with Crippen molar-refractivity contribution in [2.75, 3.05) is 19.0 Å². The Labute approximate surface area is 114 Å². The lowest BCUT2D eigenvalue weighted by Crippen LogP contribution is -2.15. The third-order valence-electron chi connectivity index (χ3n) is 2.55. The molecule has 106 valence electrons. The topological polar surface area (TPSA) is 93.6 Å². The van der Waals surface area contributed by atoms with E-state index in [0.29, 0.717) is 11.4 Å². The molecule has 2 N–H and O–H groups in total. The smallest absolute Gasteiger partial charge is 0.374 e. The second-order valence-corrected chi connectivity index (χ2v) is 3.79. The first-order valence-corrected chi connectivity index (χ1v) is 5.96. The number of anilines is 2. The molecule has 20 heavy (non-hydrogen) atoms. The molecule has 0 unspecified atom stereocenters. The van der Waals surface area contributed by atoms with Crippen molar-refractivity contribution in [1.29, 1.82) is 0 Å². The summed E-state index contributed by atoms with van der Waals surface area (Å²) in [4.78, 5) is 23.2. The quantitative estimate of drug-likeness (QED) is 0.811. The second-order valence-electron chi connectivity index (χ2n) is 3.79. The van der Waals surface area contributed by atoms with Crippen LogP contribution in [-0.2, 0) is 4.74 Å². The van der Waals surface area contributed by atoms with Crippen molar-refractivity contribution in [3.63, 3.8) is 0 Å². The second kappa shape index (κ2) is 5.96. The van der Waals surface area contributed by atoms with Gasteiger partial charge in [-0.25, -0.2) is 14.7 Å². The van der Waals surface area contributed by atoms with Crippen molar-refractivity contribution in [3.05, 3.63) is 40.2 Å². The van der Waals surface area contributed by atoms with Crippen LogP contribution in [0.25, 0.3) is 0 Å². The van der Waals surface area contributed by atoms with Crippen LogP contribution in [0.2, 0.25) is 0 Å². The van der Waals surface area contributed by atoms with Gasteiger partial charge in [0.15, 0.2) is 11.4 Å². The molecule has 0 bridgehead atoms. The summed E-state index contributed by atoms with van der Waals surface area (Å²) in [6.07, 6.45) is 0. The molecule has 0 spiro atoms. The summed E-state index contributed by atoms with van der Waals surface area (Å²) in [5.41, 5.74) is -0.420. The molecule has 0 aliphatic carbocycles. The van der Waals surface area contributed by atoms with Crippen LogP contribution >= 0.6 is 0 Å². The summed E-state index contributed by atoms with van der Waals surface area (Å²) in [5, 5.41) is 5.24. The van der Waals surface area contributed by atoms with E-state index in [4.69, 9.17) is 9.47 Å². The predicted molar refractivity (Wildman–Crippen MR) is 71.6 cm³/mol. The summed E-state index contributed by atoms with van der Waals surface area (Å²) in [6, 6.07) is 7.06. The summed E-state index contributed by atoms with van der Waals surface area (Å²) < 4.78 is 14.6. The number of esters is 1. The first-order chi connectivity index (χ1) is 9.67. The van der Waals surface area contributed by atoms with Crippen molar-refractivity contribution >= 4 is 17.5 Å². The van der Waals surface area contributed by atoms with Crippen LogP contribution in [-0.4, -0.2) is 24.8 Å². The lowest BCUT2D eigenvalue weighted by molar-refractivity contribution is 0.0524. The van der Waals surface area contributed by atoms with E-state index in [9.17, 15) is 9.59 Å². The highest BCUT2D eigenvalue weighted by Gasteiger charge is 2.22. The van der Waals surface area contributed by atoms with Gasteiger partial charge in [-0.3, -0.25) is 0 Å². The molecule has 7 heteroatoms. The number of ether oxygens (including phenoxy) is 2. The molecule has 0 aliphatic heterocycles. The number of methoxy groups -OCH3 is 1. The fourth-order valence-corrected chi connectivity index (χ4v) is 1.66. The predicted octanol–water partition coefficient (Wildman–Crippen LogP) is 1.90. The minimum atomic E-state index is -0.791. The van der Waals surface area contributed by atoms with Crippen molar-refractivity contribution in [2.45, 2.75) is 6.92 Å². The summed E-state index contributed by atoms with van der Waals surface area (Å²) in [7, 11) is 1.52. The zero-order valence-corrected chi connectivity index (χ0v) is 11.1. The van der Waals surface area contributed by atoms with Gasteiger partial charge in [-0.15, -0.1) is 0 Å². The van der Waals surface area contributed by atoms with Gasteiger partial charge in [0.25, 0.3) is 0 Å². The molecule has 0 radical (unpaired) electrons. The number of hydrogen-bond donors (Lipinski definition) is 2. The zero-order valence-electron chi connectivity index (χ0n) is 11.1. The van der Waals surface area contributed by atoms with Gasteiger partial charge in [0.05, 0.1) is 19.4 Å². The maximum Gasteiger partial charge on any atom is 0.374 e. The lowest BCUT2D eigenvalue weighted by Gasteiger charge is -2.09. The maximum absolute atomic E-state index is 11.7. The number of benzene rings is 1. The Bertz CT molecular complexity index is 659. The number of rotatable bonds is 5. The van der Waals surface area contributed by atoms with Crippen molar-refractivity contribution < 1.29 is 18.8 Å². The fraction of sp³-hybridized carbons (Fsp3) is 0.231. The maximum atomic E-state index is 11.7. The number of nitrogens with one attached hydrogen (secondary N) is 2. The Morgan fingerprint density at radius 1 is 1.40 bits per heavy atom. The van der Waals surface area contributed by atoms with Crippen LogP contribution < -0.4 is 15.7 Å². The first-order valence-electron chi connectivity index (χ1n) is 5.96. The van der Waals surface area contributed by atoms with Gasteiger partial charge in [-0.2, -0.15) is 0 Å². The van der Waals surface area contributed by atoms with E-state index in [0.717, 1.165) is 0 Å². The summed E-state index contributed by atoms with van der Waals surface area (Å²) in [5.74, 6) is -0.0674. The highest BCUT2D eigenvalue weighted by molar-refractivity contribution is 5.95. The van der Waals surface area contributed by atoms with E-state index in [1.165, 1.54) is 7.11 Å². The van der Waals surface area contributed by atoms with E-state index in [2.05, 4.69) is 15.0 Å². The van der Waals surface area contributed by atoms with E-state index in [1.807, 2.05) is 0 Å². The molecule has 7 nitrogen and oxygen atoms in total. The van der Waals surface area contributed by atoms with Crippen LogP contribution in [0.5, 0.6) is 5.75 Å². The van der Waals surface area contributed by atoms with Gasteiger partial charge >= 0.3 is 11.6 Å². The van der Waals surface area contributed by atoms with Gasteiger partial charge in [-0.05, 0) is 19.1 Å². The molecule has 0 aliphatic rings. The third kappa shape index (κ3) is 2.66. The molecular formula is C13H14N2O5. The van der Waals surface area contributed by atoms with E-state index in [-0.39, 0.29) is 18.0 Å². The third-order valence-corrected chi connectivity index (χ3v) is 2.55. The minimum Gasteiger partial charge on any atom is -0.495 e. The van der Waals surface area contributed by atoms with Gasteiger partial charge in [-0.1, -0.05) is 12.1 Å². The molecule has 1 heterocycles. The molecule has 0 saturated carbocycles. The Morgan fingerprint density at radius 3 is 2.85 bits per heavy atom. The SMILES string of the molecule is CCOC(=O)c1c(Nc2ccccc2OC)[nH]oc1=O. The van der Waals surface area contributed by atoms with Crippen LogP contribution in [0, 0.1) is 0 Å². The van der Waals surface area contributed by atoms with Gasteiger partial charge in [0, 0.05) is 0 Å². The number of hydrogen-bond acceptors (Lipinski definition) is 6. The number of aromatic amines is 1. The number of carbonyl (C=O) groups excluding carboxylic acids is 1. The number of para-hydroxylation sites is 2. The number of carbonyl (C=O) groups is 1.